The van der Waals surface area contributed by atoms with E-state index in [1.54, 1.807) is 18.0 Å². The molecule has 0 atom stereocenters. The highest BCUT2D eigenvalue weighted by Crippen LogP contribution is 2.34. The van der Waals surface area contributed by atoms with Crippen molar-refractivity contribution in [2.45, 2.75) is 4.34 Å². The number of thioether (sulfide) groups is 1. The second-order valence-corrected chi connectivity index (χ2v) is 6.59. The van der Waals surface area contributed by atoms with Crippen LogP contribution in [0.15, 0.2) is 29.0 Å². The molecule has 0 radical (unpaired) electrons. The lowest BCUT2D eigenvalue weighted by atomic mass is 10.5. The predicted molar refractivity (Wildman–Crippen MR) is 84.0 cm³/mol. The Morgan fingerprint density at radius 1 is 1.26 bits per heavy atom. The predicted octanol–water partition coefficient (Wildman–Crippen LogP) is 3.60. The summed E-state index contributed by atoms with van der Waals surface area (Å²) >= 11 is 5.26. The maximum absolute atomic E-state index is 5.75. The van der Waals surface area contributed by atoms with Crippen LogP contribution < -0.4 is 4.74 Å². The lowest BCUT2D eigenvalue weighted by Crippen LogP contribution is -1.90. The summed E-state index contributed by atoms with van der Waals surface area (Å²) in [6, 6.07) is 3.74. The summed E-state index contributed by atoms with van der Waals surface area (Å²) in [7, 11) is 0. The first-order chi connectivity index (χ1) is 9.26. The zero-order valence-electron chi connectivity index (χ0n) is 9.70. The molecule has 0 saturated carbocycles. The molecule has 0 aromatic carbocycles. The molecule has 3 heterocycles. The molecule has 0 aliphatic rings. The van der Waals surface area contributed by atoms with Gasteiger partial charge in [0.15, 0.2) is 9.99 Å². The molecule has 96 valence electrons. The molecule has 0 saturated heterocycles. The van der Waals surface area contributed by atoms with E-state index in [4.69, 9.17) is 4.74 Å². The van der Waals surface area contributed by atoms with Crippen molar-refractivity contribution < 1.29 is 4.74 Å². The van der Waals surface area contributed by atoms with Crippen LogP contribution in [0.2, 0.25) is 0 Å². The molecule has 3 rings (SSSR count). The Bertz CT molecular complexity index is 716. The van der Waals surface area contributed by atoms with E-state index >= 15 is 0 Å². The van der Waals surface area contributed by atoms with Crippen molar-refractivity contribution in [1.29, 1.82) is 0 Å². The fourth-order valence-corrected chi connectivity index (χ4v) is 3.17. The molecule has 0 unspecified atom stereocenters. The molecular weight excluding hydrogens is 395 g/mol. The van der Waals surface area contributed by atoms with Crippen LogP contribution in [0.4, 0.5) is 0 Å². The number of fused-ring (bicyclic) bond motifs is 1. The third-order valence-electron chi connectivity index (χ3n) is 2.23. The fraction of sp³-hybridized carbons (Fsp3) is 0.0909. The summed E-state index contributed by atoms with van der Waals surface area (Å²) in [4.78, 5) is 16.9. The van der Waals surface area contributed by atoms with Gasteiger partial charge in [0.25, 0.3) is 0 Å². The van der Waals surface area contributed by atoms with Gasteiger partial charge in [0.05, 0.1) is 6.20 Å². The van der Waals surface area contributed by atoms with Crippen LogP contribution >= 0.6 is 45.7 Å². The molecule has 0 amide bonds. The number of hydrogen-bond donors (Lipinski definition) is 0. The monoisotopic (exact) mass is 402 g/mol. The number of aromatic nitrogens is 4. The van der Waals surface area contributed by atoms with Crippen LogP contribution in [0.1, 0.15) is 0 Å². The van der Waals surface area contributed by atoms with Crippen LogP contribution in [0, 0.1) is 3.70 Å². The van der Waals surface area contributed by atoms with Crippen molar-refractivity contribution >= 4 is 56.0 Å². The van der Waals surface area contributed by atoms with Gasteiger partial charge in [0, 0.05) is 0 Å². The number of ether oxygens (including phenoxy) is 1. The van der Waals surface area contributed by atoms with Crippen molar-refractivity contribution in [3.63, 3.8) is 0 Å². The largest absolute Gasteiger partial charge is 0.436 e. The molecular formula is C11H7IN4OS2. The third kappa shape index (κ3) is 2.79. The molecule has 0 aliphatic carbocycles. The number of pyridine rings is 1. The van der Waals surface area contributed by atoms with Gasteiger partial charge in [0.2, 0.25) is 5.88 Å². The van der Waals surface area contributed by atoms with E-state index in [0.717, 1.165) is 12.7 Å². The van der Waals surface area contributed by atoms with Crippen molar-refractivity contribution in [3.8, 4) is 11.6 Å². The van der Waals surface area contributed by atoms with Gasteiger partial charge in [-0.25, -0.2) is 19.9 Å². The Morgan fingerprint density at radius 3 is 2.89 bits per heavy atom. The summed E-state index contributed by atoms with van der Waals surface area (Å²) in [5, 5.41) is 0. The summed E-state index contributed by atoms with van der Waals surface area (Å²) in [6.07, 6.45) is 5.11. The minimum Gasteiger partial charge on any atom is -0.436 e. The first-order valence-electron chi connectivity index (χ1n) is 5.21. The van der Waals surface area contributed by atoms with Crippen LogP contribution in [0.5, 0.6) is 11.6 Å². The molecule has 3 aromatic heterocycles. The van der Waals surface area contributed by atoms with E-state index in [-0.39, 0.29) is 0 Å². The molecule has 5 nitrogen and oxygen atoms in total. The Hall–Kier alpha value is -1.000. The van der Waals surface area contributed by atoms with Crippen LogP contribution in [0.25, 0.3) is 10.3 Å². The van der Waals surface area contributed by atoms with E-state index < -0.39 is 0 Å². The average Bonchev–Trinajstić information content (AvgIpc) is 2.85. The van der Waals surface area contributed by atoms with Crippen molar-refractivity contribution in [1.82, 2.24) is 19.9 Å². The normalized spacial score (nSPS) is 10.8. The number of hydrogen-bond acceptors (Lipinski definition) is 7. The van der Waals surface area contributed by atoms with Gasteiger partial charge in [-0.3, -0.25) is 0 Å². The van der Waals surface area contributed by atoms with Gasteiger partial charge >= 0.3 is 0 Å². The second-order valence-electron chi connectivity index (χ2n) is 3.43. The van der Waals surface area contributed by atoms with E-state index in [1.165, 1.54) is 17.7 Å². The Balaban J connectivity index is 2.00. The van der Waals surface area contributed by atoms with Gasteiger partial charge in [-0.2, -0.15) is 0 Å². The van der Waals surface area contributed by atoms with E-state index in [2.05, 4.69) is 42.5 Å². The van der Waals surface area contributed by atoms with Crippen LogP contribution in [-0.4, -0.2) is 26.2 Å². The number of thiazole rings is 1. The maximum atomic E-state index is 5.75. The summed E-state index contributed by atoms with van der Waals surface area (Å²) in [5.41, 5.74) is 0.665. The minimum absolute atomic E-state index is 0.519. The lowest BCUT2D eigenvalue weighted by Gasteiger charge is -2.03. The second kappa shape index (κ2) is 5.55. The van der Waals surface area contributed by atoms with E-state index in [0.29, 0.717) is 17.3 Å². The average molecular weight is 402 g/mol. The fourth-order valence-electron chi connectivity index (χ4n) is 1.41. The highest BCUT2D eigenvalue weighted by molar-refractivity contribution is 14.1. The molecule has 0 N–H and O–H groups in total. The maximum Gasteiger partial charge on any atom is 0.242 e. The van der Waals surface area contributed by atoms with Gasteiger partial charge in [-0.15, -0.1) is 11.3 Å². The minimum atomic E-state index is 0.519. The molecule has 19 heavy (non-hydrogen) atoms. The van der Waals surface area contributed by atoms with Crippen molar-refractivity contribution in [2.24, 2.45) is 0 Å². The van der Waals surface area contributed by atoms with E-state index in [9.17, 15) is 0 Å². The van der Waals surface area contributed by atoms with Gasteiger partial charge < -0.3 is 4.74 Å². The molecule has 0 fully saturated rings. The third-order valence-corrected chi connectivity index (χ3v) is 4.88. The number of rotatable bonds is 3. The van der Waals surface area contributed by atoms with E-state index in [1.807, 2.05) is 18.4 Å². The highest BCUT2D eigenvalue weighted by Gasteiger charge is 2.12. The number of nitrogens with zero attached hydrogens (tertiary/aromatic N) is 4. The van der Waals surface area contributed by atoms with Crippen LogP contribution in [-0.2, 0) is 0 Å². The smallest absolute Gasteiger partial charge is 0.242 e. The van der Waals surface area contributed by atoms with Crippen molar-refractivity contribution in [2.75, 3.05) is 6.26 Å². The number of halogens is 1. The standard InChI is InChI=1S/C11H7IN4OS2/c1-18-11-16-9-8(19-11)10(15-5-14-9)17-6-2-3-7(12)13-4-6/h2-5H,1H3. The Morgan fingerprint density at radius 2 is 2.16 bits per heavy atom. The lowest BCUT2D eigenvalue weighted by molar-refractivity contribution is 0.466. The first kappa shape index (κ1) is 13.0. The Labute approximate surface area is 131 Å². The molecule has 3 aromatic rings. The van der Waals surface area contributed by atoms with Gasteiger partial charge in [0.1, 0.15) is 20.5 Å². The quantitative estimate of drug-likeness (QED) is 0.379. The Kier molecular flexibility index (Phi) is 3.80. The van der Waals surface area contributed by atoms with Crippen molar-refractivity contribution in [3.05, 3.63) is 28.4 Å². The molecule has 0 bridgehead atoms. The van der Waals surface area contributed by atoms with Gasteiger partial charge in [-0.1, -0.05) is 11.8 Å². The summed E-state index contributed by atoms with van der Waals surface area (Å²) in [5.74, 6) is 1.17. The summed E-state index contributed by atoms with van der Waals surface area (Å²) in [6.45, 7) is 0. The zero-order chi connectivity index (χ0) is 13.2. The molecule has 0 aliphatic heterocycles. The first-order valence-corrected chi connectivity index (χ1v) is 8.33. The zero-order valence-corrected chi connectivity index (χ0v) is 13.5. The van der Waals surface area contributed by atoms with Crippen LogP contribution in [0.3, 0.4) is 0 Å². The topological polar surface area (TPSA) is 60.8 Å². The SMILES string of the molecule is CSc1nc2ncnc(Oc3ccc(I)nc3)c2s1. The molecule has 8 heteroatoms. The highest BCUT2D eigenvalue weighted by atomic mass is 127. The molecule has 0 spiro atoms. The van der Waals surface area contributed by atoms with Gasteiger partial charge in [-0.05, 0) is 41.0 Å². The summed E-state index contributed by atoms with van der Waals surface area (Å²) < 4.78 is 8.46.